The zero-order chi connectivity index (χ0) is 40.3. The summed E-state index contributed by atoms with van der Waals surface area (Å²) in [5, 5.41) is 0. The van der Waals surface area contributed by atoms with Crippen LogP contribution < -0.4 is 21.9 Å². The van der Waals surface area contributed by atoms with Crippen molar-refractivity contribution < 1.29 is 61.7 Å². The molecule has 2 nitrogen and oxygen atoms in total. The Bertz CT molecular complexity index is 1830. The number of rotatable bonds is 7. The van der Waals surface area contributed by atoms with Crippen molar-refractivity contribution in [3.8, 4) is 0 Å². The number of hydrogen-bond donors (Lipinski definition) is 0. The monoisotopic (exact) mass is 788 g/mol. The van der Waals surface area contributed by atoms with Gasteiger partial charge in [-0.05, 0) is 0 Å². The van der Waals surface area contributed by atoms with Gasteiger partial charge in [-0.15, -0.1) is 4.21 Å². The molecule has 5 aromatic rings. The van der Waals surface area contributed by atoms with Gasteiger partial charge in [0.2, 0.25) is 5.78 Å². The molecule has 0 aromatic heterocycles. The zero-order valence-corrected chi connectivity index (χ0v) is 29.0. The normalized spacial score (nSPS) is 12.9. The minimum absolute atomic E-state index is 0.0114. The third-order valence-electron chi connectivity index (χ3n) is 8.53. The number of ketones is 1. The maximum Gasteiger partial charge on any atom is 0.416 e. The van der Waals surface area contributed by atoms with Gasteiger partial charge >= 0.3 is 24.7 Å². The summed E-state index contributed by atoms with van der Waals surface area (Å²) in [6.07, 6.45) is -18.8. The van der Waals surface area contributed by atoms with E-state index in [4.69, 9.17) is 0 Å². The van der Waals surface area contributed by atoms with Crippen molar-refractivity contribution in [2.24, 2.45) is 0 Å². The minimum Gasteiger partial charge on any atom is -0.289 e. The fourth-order valence-electron chi connectivity index (χ4n) is 6.02. The summed E-state index contributed by atoms with van der Waals surface area (Å²) in [7, 11) is -1.97. The van der Waals surface area contributed by atoms with E-state index in [1.165, 1.54) is 0 Å². The van der Waals surface area contributed by atoms with E-state index in [1.54, 1.807) is 36.8 Å². The molecule has 0 amide bonds. The second-order valence-corrected chi connectivity index (χ2v) is 15.9. The molecule has 286 valence electrons. The Balaban J connectivity index is 0.000000422. The summed E-state index contributed by atoms with van der Waals surface area (Å²) in [4.78, 5) is 11.5. The van der Waals surface area contributed by atoms with Crippen LogP contribution in [0, 0.1) is 0 Å². The van der Waals surface area contributed by atoms with Crippen molar-refractivity contribution in [2.75, 3.05) is 18.3 Å². The first kappa shape index (κ1) is 41.9. The number of alkyl halides is 12. The lowest BCUT2D eigenvalue weighted by Gasteiger charge is -2.44. The highest BCUT2D eigenvalue weighted by Crippen LogP contribution is 2.32. The molecule has 0 bridgehead atoms. The quantitative estimate of drug-likeness (QED) is 0.0716. The highest BCUT2D eigenvalue weighted by Gasteiger charge is 2.38. The minimum atomic E-state index is -4.77. The molecule has 16 heteroatoms. The van der Waals surface area contributed by atoms with Crippen LogP contribution in [0.5, 0.6) is 0 Å². The molecular formula is C38H29BF12O2S. The van der Waals surface area contributed by atoms with Gasteiger partial charge in [0.15, 0.2) is 5.75 Å². The summed E-state index contributed by atoms with van der Waals surface area (Å²) < 4.78 is 171. The van der Waals surface area contributed by atoms with E-state index in [9.17, 15) is 61.7 Å². The Labute approximate surface area is 303 Å². The first-order valence-electron chi connectivity index (χ1n) is 15.7. The van der Waals surface area contributed by atoms with E-state index >= 15 is 0 Å². The number of benzene rings is 5. The highest BCUT2D eigenvalue weighted by molar-refractivity contribution is 8.02. The molecule has 5 rings (SSSR count). The average Bonchev–Trinajstić information content (AvgIpc) is 3.08. The standard InChI is InChI=1S/C28H16BF12.C10H13O2S/c30-25(31,32)17-1-9-21(10-2-17)29(22-11-3-18(4-12-22)26(33,34)35,23-13-5-19(6-14-23)27(36,37)38)24-15-7-20(8-16-24)28(39,40)41;1-13(2,12)8-10(11)9-6-4-3-5-7-9/h1-16H;3-7H,8H2,1-2H3/q-1;+1. The number of carbonyl (C=O) groups excluding carboxylic acids is 1. The smallest absolute Gasteiger partial charge is 0.289 e. The lowest BCUT2D eigenvalue weighted by Crippen LogP contribution is -2.74. The van der Waals surface area contributed by atoms with Crippen molar-refractivity contribution in [3.63, 3.8) is 0 Å². The fraction of sp³-hybridized carbons (Fsp3) is 0.184. The van der Waals surface area contributed by atoms with E-state index < -0.39 is 63.0 Å². The van der Waals surface area contributed by atoms with Crippen LogP contribution in [0.25, 0.3) is 0 Å². The van der Waals surface area contributed by atoms with Crippen LogP contribution in [-0.4, -0.2) is 30.2 Å². The van der Waals surface area contributed by atoms with Crippen LogP contribution in [0.2, 0.25) is 0 Å². The molecule has 0 spiro atoms. The maximum atomic E-state index is 13.3. The summed E-state index contributed by atoms with van der Waals surface area (Å²) in [5.74, 6) is 0.0902. The average molecular weight is 789 g/mol. The highest BCUT2D eigenvalue weighted by atomic mass is 32.2. The van der Waals surface area contributed by atoms with Gasteiger partial charge in [-0.25, -0.2) is 0 Å². The van der Waals surface area contributed by atoms with Crippen molar-refractivity contribution in [2.45, 2.75) is 24.7 Å². The molecule has 5 aromatic carbocycles. The Morgan fingerprint density at radius 2 is 0.685 bits per heavy atom. The summed E-state index contributed by atoms with van der Waals surface area (Å²) >= 11 is 0. The molecule has 0 heterocycles. The summed E-state index contributed by atoms with van der Waals surface area (Å²) in [6.45, 7) is 0. The van der Waals surface area contributed by atoms with E-state index in [-0.39, 0.29) is 33.4 Å². The molecule has 0 unspecified atom stereocenters. The maximum absolute atomic E-state index is 13.3. The van der Waals surface area contributed by atoms with Gasteiger partial charge in [-0.2, -0.15) is 74.5 Å². The molecule has 0 aliphatic carbocycles. The van der Waals surface area contributed by atoms with E-state index in [0.717, 1.165) is 48.5 Å². The van der Waals surface area contributed by atoms with Gasteiger partial charge in [-0.3, -0.25) is 4.79 Å². The van der Waals surface area contributed by atoms with Crippen molar-refractivity contribution in [1.82, 2.24) is 0 Å². The molecule has 0 saturated heterocycles. The molecule has 0 atom stereocenters. The predicted octanol–water partition coefficient (Wildman–Crippen LogP) is 8.77. The molecule has 0 fully saturated rings. The lowest BCUT2D eigenvalue weighted by atomic mass is 9.13. The van der Waals surface area contributed by atoms with Crippen LogP contribution in [0.3, 0.4) is 0 Å². The molecule has 0 aliphatic rings. The Morgan fingerprint density at radius 1 is 0.444 bits per heavy atom. The number of halogens is 12. The molecule has 0 radical (unpaired) electrons. The SMILES string of the molecule is C[S+](C)(=O)CC(=O)c1ccccc1.FC(F)(F)c1ccc([B-](c2ccc(C(F)(F)F)cc2)(c2ccc(C(F)(F)F)cc2)c2ccc(C(F)(F)F)cc2)cc1. The summed E-state index contributed by atoms with van der Waals surface area (Å²) in [5.41, 5.74) is -3.66. The van der Waals surface area contributed by atoms with E-state index in [0.29, 0.717) is 54.1 Å². The molecule has 0 saturated carbocycles. The van der Waals surface area contributed by atoms with Gasteiger partial charge in [0.05, 0.1) is 32.2 Å². The Hall–Kier alpha value is -4.86. The van der Waals surface area contributed by atoms with Gasteiger partial charge in [0.1, 0.15) is 18.7 Å². The van der Waals surface area contributed by atoms with Crippen molar-refractivity contribution in [1.29, 1.82) is 0 Å². The van der Waals surface area contributed by atoms with Gasteiger partial charge in [0.25, 0.3) is 0 Å². The number of hydrogen-bond acceptors (Lipinski definition) is 2. The van der Waals surface area contributed by atoms with Crippen LogP contribution >= 0.6 is 0 Å². The van der Waals surface area contributed by atoms with E-state index in [1.807, 2.05) is 6.07 Å². The molecule has 0 N–H and O–H groups in total. The molecular weight excluding hydrogens is 759 g/mol. The van der Waals surface area contributed by atoms with Crippen LogP contribution in [0.1, 0.15) is 32.6 Å². The summed E-state index contributed by atoms with van der Waals surface area (Å²) in [6, 6.07) is 22.5. The molecule has 54 heavy (non-hydrogen) atoms. The topological polar surface area (TPSA) is 34.1 Å². The predicted molar refractivity (Wildman–Crippen MR) is 186 cm³/mol. The third-order valence-corrected chi connectivity index (χ3v) is 9.48. The largest absolute Gasteiger partial charge is 0.416 e. The zero-order valence-electron chi connectivity index (χ0n) is 28.2. The first-order chi connectivity index (χ1) is 24.8. The Kier molecular flexibility index (Phi) is 12.0. The number of carbonyl (C=O) groups is 1. The van der Waals surface area contributed by atoms with Crippen LogP contribution in [0.4, 0.5) is 52.7 Å². The van der Waals surface area contributed by atoms with E-state index in [2.05, 4.69) is 0 Å². The van der Waals surface area contributed by atoms with Crippen LogP contribution in [0.15, 0.2) is 127 Å². The van der Waals surface area contributed by atoms with Crippen LogP contribution in [-0.2, 0) is 38.8 Å². The van der Waals surface area contributed by atoms with Crippen molar-refractivity contribution in [3.05, 3.63) is 155 Å². The van der Waals surface area contributed by atoms with Crippen molar-refractivity contribution >= 4 is 43.7 Å². The first-order valence-corrected chi connectivity index (χ1v) is 18.2. The second kappa shape index (κ2) is 15.5. The molecule has 0 aliphatic heterocycles. The van der Waals surface area contributed by atoms with Gasteiger partial charge in [-0.1, -0.05) is 127 Å². The van der Waals surface area contributed by atoms with Gasteiger partial charge < -0.3 is 0 Å². The fourth-order valence-corrected chi connectivity index (χ4v) is 6.82. The third kappa shape index (κ3) is 10.0. The lowest BCUT2D eigenvalue weighted by molar-refractivity contribution is -0.138. The second-order valence-electron chi connectivity index (χ2n) is 12.7. The number of Topliss-reactive ketones (excluding diaryl/α,β-unsaturated/α-hetero) is 1. The van der Waals surface area contributed by atoms with Gasteiger partial charge in [0, 0.05) is 5.56 Å². The Morgan fingerprint density at radius 3 is 0.889 bits per heavy atom.